The number of halogens is 1. The van der Waals surface area contributed by atoms with E-state index in [1.54, 1.807) is 40.9 Å². The Morgan fingerprint density at radius 2 is 1.93 bits per heavy atom. The van der Waals surface area contributed by atoms with E-state index in [4.69, 9.17) is 16.3 Å². The topological polar surface area (TPSA) is 61.9 Å². The summed E-state index contributed by atoms with van der Waals surface area (Å²) in [6.45, 7) is 9.33. The van der Waals surface area contributed by atoms with E-state index < -0.39 is 6.04 Å². The fourth-order valence-electron chi connectivity index (χ4n) is 3.82. The van der Waals surface area contributed by atoms with Crippen molar-refractivity contribution in [3.05, 3.63) is 34.9 Å². The van der Waals surface area contributed by atoms with E-state index >= 15 is 0 Å². The van der Waals surface area contributed by atoms with Crippen molar-refractivity contribution < 1.29 is 14.3 Å². The summed E-state index contributed by atoms with van der Waals surface area (Å²) >= 11 is 7.68. The number of amides is 2. The lowest BCUT2D eigenvalue weighted by Gasteiger charge is -2.30. The molecule has 8 heteroatoms. The van der Waals surface area contributed by atoms with Gasteiger partial charge in [0.1, 0.15) is 6.04 Å². The van der Waals surface area contributed by atoms with E-state index in [2.05, 4.69) is 24.1 Å². The largest absolute Gasteiger partial charge is 0.379 e. The van der Waals surface area contributed by atoms with Crippen LogP contribution in [0.2, 0.25) is 5.02 Å². The minimum Gasteiger partial charge on any atom is -0.379 e. The van der Waals surface area contributed by atoms with Crippen LogP contribution in [0.5, 0.6) is 0 Å². The number of hydrogen-bond acceptors (Lipinski definition) is 5. The number of benzene rings is 1. The molecule has 0 bridgehead atoms. The molecule has 2 heterocycles. The smallest absolute Gasteiger partial charge is 0.255 e. The summed E-state index contributed by atoms with van der Waals surface area (Å²) in [5.41, 5.74) is 0.570. The summed E-state index contributed by atoms with van der Waals surface area (Å²) in [6, 6.07) is 6.46. The van der Waals surface area contributed by atoms with Crippen LogP contribution in [0.4, 0.5) is 0 Å². The maximum Gasteiger partial charge on any atom is 0.255 e. The third-order valence-electron chi connectivity index (χ3n) is 5.45. The standard InChI is InChI=1S/C22H32ClN3O3S/c1-16(2)14-20-26(22(28)17-4-6-18(23)7-5-17)19(15-30-20)21(27)24-8-3-9-25-10-12-29-13-11-25/h4-7,16,19-20H,3,8-15H2,1-2H3,(H,24,27). The Hall–Kier alpha value is -1.28. The molecule has 6 nitrogen and oxygen atoms in total. The molecule has 2 saturated heterocycles. The number of carbonyl (C=O) groups excluding carboxylic acids is 2. The minimum atomic E-state index is -0.440. The summed E-state index contributed by atoms with van der Waals surface area (Å²) in [7, 11) is 0. The highest BCUT2D eigenvalue weighted by molar-refractivity contribution is 8.00. The highest BCUT2D eigenvalue weighted by Crippen LogP contribution is 2.34. The zero-order valence-corrected chi connectivity index (χ0v) is 19.4. The van der Waals surface area contributed by atoms with Crippen LogP contribution < -0.4 is 5.32 Å². The molecule has 166 valence electrons. The van der Waals surface area contributed by atoms with Gasteiger partial charge in [0.25, 0.3) is 5.91 Å². The van der Waals surface area contributed by atoms with Crippen molar-refractivity contribution in [2.75, 3.05) is 45.1 Å². The van der Waals surface area contributed by atoms with Crippen molar-refractivity contribution in [1.29, 1.82) is 0 Å². The highest BCUT2D eigenvalue weighted by atomic mass is 35.5. The van der Waals surface area contributed by atoms with Gasteiger partial charge in [-0.2, -0.15) is 0 Å². The van der Waals surface area contributed by atoms with Crippen molar-refractivity contribution in [3.8, 4) is 0 Å². The Balaban J connectivity index is 1.59. The monoisotopic (exact) mass is 453 g/mol. The van der Waals surface area contributed by atoms with Gasteiger partial charge in [0.05, 0.1) is 18.6 Å². The van der Waals surface area contributed by atoms with Gasteiger partial charge in [-0.15, -0.1) is 11.8 Å². The SMILES string of the molecule is CC(C)CC1SCC(C(=O)NCCCN2CCOCC2)N1C(=O)c1ccc(Cl)cc1. The number of rotatable bonds is 8. The lowest BCUT2D eigenvalue weighted by Crippen LogP contribution is -2.50. The molecule has 2 aliphatic rings. The molecule has 1 N–H and O–H groups in total. The van der Waals surface area contributed by atoms with Crippen LogP contribution in [0, 0.1) is 5.92 Å². The summed E-state index contributed by atoms with van der Waals surface area (Å²) in [4.78, 5) is 30.4. The Morgan fingerprint density at radius 1 is 1.23 bits per heavy atom. The molecular formula is C22H32ClN3O3S. The van der Waals surface area contributed by atoms with E-state index in [1.165, 1.54) is 0 Å². The second kappa shape index (κ2) is 11.4. The number of carbonyl (C=O) groups is 2. The Labute approximate surface area is 188 Å². The van der Waals surface area contributed by atoms with E-state index in [1.807, 2.05) is 0 Å². The van der Waals surface area contributed by atoms with Gasteiger partial charge in [0.2, 0.25) is 5.91 Å². The molecule has 0 saturated carbocycles. The van der Waals surface area contributed by atoms with Crippen molar-refractivity contribution >= 4 is 35.2 Å². The maximum absolute atomic E-state index is 13.3. The zero-order valence-electron chi connectivity index (χ0n) is 17.8. The van der Waals surface area contributed by atoms with Crippen molar-refractivity contribution in [3.63, 3.8) is 0 Å². The molecule has 0 aromatic heterocycles. The fraction of sp³-hybridized carbons (Fsp3) is 0.636. The first-order valence-electron chi connectivity index (χ1n) is 10.7. The summed E-state index contributed by atoms with van der Waals surface area (Å²) in [5, 5.41) is 3.66. The average molecular weight is 454 g/mol. The molecule has 2 aliphatic heterocycles. The molecule has 0 aliphatic carbocycles. The molecule has 0 radical (unpaired) electrons. The van der Waals surface area contributed by atoms with Gasteiger partial charge >= 0.3 is 0 Å². The lowest BCUT2D eigenvalue weighted by atomic mass is 10.1. The van der Waals surface area contributed by atoms with Crippen LogP contribution >= 0.6 is 23.4 Å². The van der Waals surface area contributed by atoms with Crippen LogP contribution in [0.15, 0.2) is 24.3 Å². The van der Waals surface area contributed by atoms with Crippen molar-refractivity contribution in [1.82, 2.24) is 15.1 Å². The Kier molecular flexibility index (Phi) is 8.86. The summed E-state index contributed by atoms with van der Waals surface area (Å²) < 4.78 is 5.37. The molecular weight excluding hydrogens is 422 g/mol. The second-order valence-electron chi connectivity index (χ2n) is 8.25. The molecule has 0 spiro atoms. The second-order valence-corrected chi connectivity index (χ2v) is 9.90. The Bertz CT molecular complexity index is 710. The number of ether oxygens (including phenoxy) is 1. The minimum absolute atomic E-state index is 0.0114. The number of thioether (sulfide) groups is 1. The molecule has 3 rings (SSSR count). The first kappa shape index (κ1) is 23.4. The number of nitrogens with one attached hydrogen (secondary N) is 1. The maximum atomic E-state index is 13.3. The van der Waals surface area contributed by atoms with Crippen molar-refractivity contribution in [2.45, 2.75) is 38.1 Å². The third kappa shape index (κ3) is 6.36. The number of hydrogen-bond donors (Lipinski definition) is 1. The van der Waals surface area contributed by atoms with Gasteiger partial charge in [0.15, 0.2) is 0 Å². The lowest BCUT2D eigenvalue weighted by molar-refractivity contribution is -0.124. The van der Waals surface area contributed by atoms with Gasteiger partial charge in [-0.05, 0) is 49.6 Å². The van der Waals surface area contributed by atoms with Gasteiger partial charge in [-0.1, -0.05) is 25.4 Å². The van der Waals surface area contributed by atoms with Gasteiger partial charge in [0, 0.05) is 36.0 Å². The molecule has 2 amide bonds. The van der Waals surface area contributed by atoms with E-state index in [9.17, 15) is 9.59 Å². The number of nitrogens with zero attached hydrogens (tertiary/aromatic N) is 2. The summed E-state index contributed by atoms with van der Waals surface area (Å²) in [5.74, 6) is 0.915. The van der Waals surface area contributed by atoms with Crippen LogP contribution in [0.3, 0.4) is 0 Å². The molecule has 2 unspecified atom stereocenters. The summed E-state index contributed by atoms with van der Waals surface area (Å²) in [6.07, 6.45) is 1.76. The number of morpholine rings is 1. The van der Waals surface area contributed by atoms with Crippen LogP contribution in [0.25, 0.3) is 0 Å². The first-order chi connectivity index (χ1) is 14.5. The van der Waals surface area contributed by atoms with E-state index in [0.717, 1.165) is 45.7 Å². The van der Waals surface area contributed by atoms with Gasteiger partial charge in [-0.3, -0.25) is 14.5 Å². The van der Waals surface area contributed by atoms with Crippen LogP contribution in [0.1, 0.15) is 37.0 Å². The fourth-order valence-corrected chi connectivity index (χ4v) is 5.59. The van der Waals surface area contributed by atoms with E-state index in [-0.39, 0.29) is 17.2 Å². The molecule has 1 aromatic rings. The highest BCUT2D eigenvalue weighted by Gasteiger charge is 2.41. The molecule has 1 aromatic carbocycles. The first-order valence-corrected chi connectivity index (χ1v) is 12.2. The van der Waals surface area contributed by atoms with Crippen molar-refractivity contribution in [2.24, 2.45) is 5.92 Å². The third-order valence-corrected chi connectivity index (χ3v) is 7.01. The molecule has 2 fully saturated rings. The quantitative estimate of drug-likeness (QED) is 0.613. The zero-order chi connectivity index (χ0) is 21.5. The average Bonchev–Trinajstić information content (AvgIpc) is 3.14. The predicted octanol–water partition coefficient (Wildman–Crippen LogP) is 3.11. The van der Waals surface area contributed by atoms with Gasteiger partial charge < -0.3 is 15.0 Å². The van der Waals surface area contributed by atoms with Crippen LogP contribution in [-0.4, -0.2) is 78.2 Å². The normalized spacial score (nSPS) is 22.5. The predicted molar refractivity (Wildman–Crippen MR) is 122 cm³/mol. The van der Waals surface area contributed by atoms with Gasteiger partial charge in [-0.25, -0.2) is 0 Å². The Morgan fingerprint density at radius 3 is 2.60 bits per heavy atom. The van der Waals surface area contributed by atoms with Crippen LogP contribution in [-0.2, 0) is 9.53 Å². The molecule has 2 atom stereocenters. The molecule has 30 heavy (non-hydrogen) atoms. The van der Waals surface area contributed by atoms with E-state index in [0.29, 0.717) is 28.8 Å².